The summed E-state index contributed by atoms with van der Waals surface area (Å²) < 4.78 is 4.62. The lowest BCUT2D eigenvalue weighted by molar-refractivity contribution is -0.134. The Morgan fingerprint density at radius 1 is 1.14 bits per heavy atom. The Bertz CT molecular complexity index is 739. The third-order valence-electron chi connectivity index (χ3n) is 3.25. The number of nitrogens with zero attached hydrogens (tertiary/aromatic N) is 1. The molecule has 2 rings (SSSR count). The third kappa shape index (κ3) is 3.18. The highest BCUT2D eigenvalue weighted by molar-refractivity contribution is 5.90. The maximum Gasteiger partial charge on any atom is 0.330 e. The van der Waals surface area contributed by atoms with Crippen molar-refractivity contribution in [1.29, 1.82) is 5.26 Å². The summed E-state index contributed by atoms with van der Waals surface area (Å²) in [6, 6.07) is 15.5. The lowest BCUT2D eigenvalue weighted by Gasteiger charge is -2.11. The highest BCUT2D eigenvalue weighted by atomic mass is 16.5. The van der Waals surface area contributed by atoms with E-state index in [1.54, 1.807) is 12.1 Å². The number of benzene rings is 2. The van der Waals surface area contributed by atoms with E-state index in [9.17, 15) is 10.1 Å². The highest BCUT2D eigenvalue weighted by Gasteiger charge is 2.09. The van der Waals surface area contributed by atoms with E-state index in [0.29, 0.717) is 5.56 Å². The first kappa shape index (κ1) is 14.5. The largest absolute Gasteiger partial charge is 0.466 e. The van der Waals surface area contributed by atoms with Gasteiger partial charge in [-0.15, -0.1) is 0 Å². The monoisotopic (exact) mass is 277 g/mol. The van der Waals surface area contributed by atoms with E-state index >= 15 is 0 Å². The van der Waals surface area contributed by atoms with E-state index in [4.69, 9.17) is 0 Å². The molecule has 0 spiro atoms. The number of carbonyl (C=O) groups is 1. The van der Waals surface area contributed by atoms with Crippen LogP contribution >= 0.6 is 0 Å². The molecule has 104 valence electrons. The number of hydrogen-bond acceptors (Lipinski definition) is 3. The maximum absolute atomic E-state index is 11.3. The molecule has 0 radical (unpaired) electrons. The molecule has 21 heavy (non-hydrogen) atoms. The molecule has 0 amide bonds. The Hall–Kier alpha value is -2.86. The molecule has 0 bridgehead atoms. The second kappa shape index (κ2) is 6.53. The van der Waals surface area contributed by atoms with Gasteiger partial charge in [0.25, 0.3) is 0 Å². The van der Waals surface area contributed by atoms with Crippen molar-refractivity contribution in [2.45, 2.75) is 6.92 Å². The van der Waals surface area contributed by atoms with Crippen LogP contribution in [0.15, 0.2) is 48.5 Å². The van der Waals surface area contributed by atoms with E-state index in [0.717, 1.165) is 22.3 Å². The van der Waals surface area contributed by atoms with E-state index in [2.05, 4.69) is 10.8 Å². The number of rotatable bonds is 3. The summed E-state index contributed by atoms with van der Waals surface area (Å²) in [6.45, 7) is 1.97. The van der Waals surface area contributed by atoms with Crippen molar-refractivity contribution in [2.24, 2.45) is 0 Å². The summed E-state index contributed by atoms with van der Waals surface area (Å²) in [5, 5.41) is 9.25. The normalized spacial score (nSPS) is 10.3. The number of carbonyl (C=O) groups excluding carboxylic acids is 1. The summed E-state index contributed by atoms with van der Waals surface area (Å²) in [5.41, 5.74) is 4.32. The molecule has 0 heterocycles. The smallest absolute Gasteiger partial charge is 0.330 e. The van der Waals surface area contributed by atoms with Crippen LogP contribution in [0, 0.1) is 18.3 Å². The van der Waals surface area contributed by atoms with Crippen molar-refractivity contribution >= 4 is 12.0 Å². The fourth-order valence-electron chi connectivity index (χ4n) is 2.17. The molecule has 0 fully saturated rings. The van der Waals surface area contributed by atoms with Gasteiger partial charge in [-0.2, -0.15) is 5.26 Å². The van der Waals surface area contributed by atoms with Gasteiger partial charge < -0.3 is 4.74 Å². The minimum Gasteiger partial charge on any atom is -0.466 e. The number of methoxy groups -OCH3 is 1. The highest BCUT2D eigenvalue weighted by Crippen LogP contribution is 2.29. The first-order valence-corrected chi connectivity index (χ1v) is 6.52. The van der Waals surface area contributed by atoms with Crippen LogP contribution in [-0.2, 0) is 9.53 Å². The van der Waals surface area contributed by atoms with Crippen molar-refractivity contribution in [1.82, 2.24) is 0 Å². The molecule has 0 aliphatic carbocycles. The fraction of sp³-hybridized carbons (Fsp3) is 0.111. The van der Waals surface area contributed by atoms with Crippen molar-refractivity contribution in [3.05, 3.63) is 65.2 Å². The Morgan fingerprint density at radius 2 is 1.86 bits per heavy atom. The van der Waals surface area contributed by atoms with Crippen LogP contribution in [0.5, 0.6) is 0 Å². The molecule has 0 unspecified atom stereocenters. The van der Waals surface area contributed by atoms with Gasteiger partial charge in [-0.05, 0) is 35.8 Å². The van der Waals surface area contributed by atoms with Gasteiger partial charge in [0.2, 0.25) is 0 Å². The minimum absolute atomic E-state index is 0.405. The second-order valence-electron chi connectivity index (χ2n) is 4.55. The topological polar surface area (TPSA) is 50.1 Å². The van der Waals surface area contributed by atoms with Gasteiger partial charge in [-0.25, -0.2) is 4.79 Å². The van der Waals surface area contributed by atoms with Crippen LogP contribution in [0.4, 0.5) is 0 Å². The summed E-state index contributed by atoms with van der Waals surface area (Å²) in [6.07, 6.45) is 3.12. The molecule has 3 nitrogen and oxygen atoms in total. The van der Waals surface area contributed by atoms with E-state index < -0.39 is 5.97 Å². The Labute approximate surface area is 124 Å². The van der Waals surface area contributed by atoms with Gasteiger partial charge in [0, 0.05) is 11.6 Å². The van der Waals surface area contributed by atoms with Crippen molar-refractivity contribution in [3.63, 3.8) is 0 Å². The van der Waals surface area contributed by atoms with Crippen molar-refractivity contribution in [2.75, 3.05) is 7.11 Å². The third-order valence-corrected chi connectivity index (χ3v) is 3.25. The van der Waals surface area contributed by atoms with Crippen molar-refractivity contribution < 1.29 is 9.53 Å². The predicted molar refractivity (Wildman–Crippen MR) is 82.4 cm³/mol. The Morgan fingerprint density at radius 3 is 2.57 bits per heavy atom. The lowest BCUT2D eigenvalue weighted by Crippen LogP contribution is -1.95. The van der Waals surface area contributed by atoms with Gasteiger partial charge in [0.05, 0.1) is 18.7 Å². The molecule has 0 saturated heterocycles. The fourth-order valence-corrected chi connectivity index (χ4v) is 2.17. The standard InChI is InChI=1S/C18H15NO2/c1-13-6-5-9-17(15(13)10-11-18(20)21-2)16-8-4-3-7-14(16)12-19/h3-11H,1-2H3/b11-10+. The Balaban J connectivity index is 2.60. The van der Waals surface area contributed by atoms with Crippen LogP contribution in [0.1, 0.15) is 16.7 Å². The molecule has 2 aromatic rings. The quantitative estimate of drug-likeness (QED) is 0.634. The van der Waals surface area contributed by atoms with Crippen LogP contribution in [0.25, 0.3) is 17.2 Å². The van der Waals surface area contributed by atoms with E-state index in [1.165, 1.54) is 13.2 Å². The maximum atomic E-state index is 11.3. The zero-order valence-corrected chi connectivity index (χ0v) is 12.0. The summed E-state index contributed by atoms with van der Waals surface area (Å²) >= 11 is 0. The summed E-state index contributed by atoms with van der Waals surface area (Å²) in [5.74, 6) is -0.405. The minimum atomic E-state index is -0.405. The van der Waals surface area contributed by atoms with Gasteiger partial charge in [0.15, 0.2) is 0 Å². The summed E-state index contributed by atoms with van der Waals surface area (Å²) in [4.78, 5) is 11.3. The molecule has 0 N–H and O–H groups in total. The first-order valence-electron chi connectivity index (χ1n) is 6.52. The van der Waals surface area contributed by atoms with Crippen LogP contribution < -0.4 is 0 Å². The number of aryl methyl sites for hydroxylation is 1. The second-order valence-corrected chi connectivity index (χ2v) is 4.55. The molecule has 3 heteroatoms. The average molecular weight is 277 g/mol. The van der Waals surface area contributed by atoms with E-state index in [1.807, 2.05) is 43.3 Å². The van der Waals surface area contributed by atoms with Crippen molar-refractivity contribution in [3.8, 4) is 17.2 Å². The zero-order valence-electron chi connectivity index (χ0n) is 12.0. The van der Waals surface area contributed by atoms with Gasteiger partial charge in [-0.3, -0.25) is 0 Å². The lowest BCUT2D eigenvalue weighted by atomic mass is 9.93. The molecule has 0 aliphatic heterocycles. The average Bonchev–Trinajstić information content (AvgIpc) is 2.53. The number of hydrogen-bond donors (Lipinski definition) is 0. The number of nitriles is 1. The number of ether oxygens (including phenoxy) is 1. The van der Waals surface area contributed by atoms with Gasteiger partial charge in [0.1, 0.15) is 0 Å². The molecule has 0 aromatic heterocycles. The van der Waals surface area contributed by atoms with Gasteiger partial charge >= 0.3 is 5.97 Å². The Kier molecular flexibility index (Phi) is 4.53. The van der Waals surface area contributed by atoms with Crippen LogP contribution in [0.3, 0.4) is 0 Å². The molecule has 0 saturated carbocycles. The molecule has 0 aliphatic rings. The van der Waals surface area contributed by atoms with E-state index in [-0.39, 0.29) is 0 Å². The number of esters is 1. The van der Waals surface area contributed by atoms with Gasteiger partial charge in [-0.1, -0.05) is 36.4 Å². The van der Waals surface area contributed by atoms with Crippen LogP contribution in [0.2, 0.25) is 0 Å². The first-order chi connectivity index (χ1) is 10.2. The molecule has 0 atom stereocenters. The van der Waals surface area contributed by atoms with Crippen LogP contribution in [-0.4, -0.2) is 13.1 Å². The molecular formula is C18H15NO2. The molecular weight excluding hydrogens is 262 g/mol. The SMILES string of the molecule is COC(=O)/C=C/c1c(C)cccc1-c1ccccc1C#N. The predicted octanol–water partition coefficient (Wildman–Crippen LogP) is 3.72. The molecule has 2 aromatic carbocycles. The summed E-state index contributed by atoms with van der Waals surface area (Å²) in [7, 11) is 1.34. The zero-order chi connectivity index (χ0) is 15.2.